The van der Waals surface area contributed by atoms with Gasteiger partial charge in [-0.3, -0.25) is 38.2 Å². The number of carbonyl (C=O) groups excluding carboxylic acids is 5. The van der Waals surface area contributed by atoms with E-state index in [1.807, 2.05) is 59.8 Å². The van der Waals surface area contributed by atoms with Crippen LogP contribution in [0.25, 0.3) is 21.5 Å². The zero-order chi connectivity index (χ0) is 77.6. The van der Waals surface area contributed by atoms with Gasteiger partial charge in [0.1, 0.15) is 71.3 Å². The Hall–Kier alpha value is -9.45. The lowest BCUT2D eigenvalue weighted by atomic mass is 10.1. The number of carbonyl (C=O) groups is 6. The van der Waals surface area contributed by atoms with Gasteiger partial charge in [0.2, 0.25) is 37.7 Å². The number of nitrogens with two attached hydrogens (primary N) is 1. The number of nitrogens with zero attached hydrogens (tertiary/aromatic N) is 6. The number of aryl methyl sites for hydroxylation is 1. The van der Waals surface area contributed by atoms with E-state index in [1.54, 1.807) is 86.1 Å². The fourth-order valence-electron chi connectivity index (χ4n) is 12.4. The largest absolute Gasteiger partial charge is 0.497 e. The summed E-state index contributed by atoms with van der Waals surface area (Å²) in [5.41, 5.74) is 2.54. The van der Waals surface area contributed by atoms with Crippen molar-refractivity contribution in [2.24, 2.45) is 17.6 Å². The van der Waals surface area contributed by atoms with Crippen LogP contribution in [0, 0.1) is 18.8 Å². The van der Waals surface area contributed by atoms with Gasteiger partial charge >= 0.3 is 18.2 Å². The number of hydrogen-bond acceptors (Lipinski definition) is 25. The van der Waals surface area contributed by atoms with Crippen molar-refractivity contribution in [2.75, 3.05) is 77.5 Å². The number of amides is 5. The van der Waals surface area contributed by atoms with Gasteiger partial charge in [0, 0.05) is 60.3 Å². The molecule has 106 heavy (non-hydrogen) atoms. The Morgan fingerprint density at radius 3 is 1.45 bits per heavy atom. The number of ether oxygens (including phenoxy) is 8. The minimum atomic E-state index is -4.02. The molecule has 6 heterocycles. The number of sulfonamides is 2. The molecule has 8 aliphatic rings. The van der Waals surface area contributed by atoms with Gasteiger partial charge in [0.25, 0.3) is 21.9 Å². The molecule has 7 N–H and O–H groups in total. The van der Waals surface area contributed by atoms with Gasteiger partial charge in [-0.25, -0.2) is 31.2 Å². The van der Waals surface area contributed by atoms with E-state index in [-0.39, 0.29) is 43.2 Å². The van der Waals surface area contributed by atoms with Crippen molar-refractivity contribution in [1.82, 2.24) is 34.5 Å². The molecular formula is C71H92N10O22S3. The molecule has 576 valence electrons. The molecule has 6 fully saturated rings. The second-order valence-corrected chi connectivity index (χ2v) is 34.7. The van der Waals surface area contributed by atoms with Crippen LogP contribution in [-0.2, 0) is 58.8 Å². The first-order chi connectivity index (χ1) is 49.6. The second-order valence-electron chi connectivity index (χ2n) is 29.3. The molecule has 4 aliphatic carbocycles. The molecule has 4 saturated carbocycles. The summed E-state index contributed by atoms with van der Waals surface area (Å²) in [6, 6.07) is 14.8. The van der Waals surface area contributed by atoms with Crippen molar-refractivity contribution < 1.29 is 102 Å². The lowest BCUT2D eigenvalue weighted by Crippen LogP contribution is -2.56. The number of anilines is 2. The summed E-state index contributed by atoms with van der Waals surface area (Å²) in [7, 11) is -4.36. The second kappa shape index (κ2) is 30.4. The van der Waals surface area contributed by atoms with E-state index in [1.165, 1.54) is 28.0 Å². The maximum atomic E-state index is 13.9. The van der Waals surface area contributed by atoms with Gasteiger partial charge in [-0.2, -0.15) is 18.4 Å². The minimum absolute atomic E-state index is 0.00407. The predicted molar refractivity (Wildman–Crippen MR) is 389 cm³/mol. The van der Waals surface area contributed by atoms with E-state index in [0.29, 0.717) is 116 Å². The summed E-state index contributed by atoms with van der Waals surface area (Å²) in [4.78, 5) is 92.6. The molecule has 5 amide bonds. The number of nitrogens with one attached hydrogen (secondary N) is 3. The zero-order valence-corrected chi connectivity index (χ0v) is 63.4. The van der Waals surface area contributed by atoms with Crippen molar-refractivity contribution in [3.8, 4) is 34.8 Å². The van der Waals surface area contributed by atoms with Crippen LogP contribution in [0.1, 0.15) is 98.5 Å². The lowest BCUT2D eigenvalue weighted by Gasteiger charge is -2.29. The highest BCUT2D eigenvalue weighted by molar-refractivity contribution is 7.91. The molecule has 3 aromatic carbocycles. The summed E-state index contributed by atoms with van der Waals surface area (Å²) < 4.78 is 128. The molecule has 4 aliphatic heterocycles. The number of likely N-dealkylation sites (tertiary alicyclic amines) is 2. The summed E-state index contributed by atoms with van der Waals surface area (Å²) >= 11 is 0. The molecule has 2 saturated heterocycles. The molecule has 5 aromatic rings. The van der Waals surface area contributed by atoms with E-state index < -0.39 is 129 Å². The zero-order valence-electron chi connectivity index (χ0n) is 60.9. The molecule has 0 radical (unpaired) electrons. The normalized spacial score (nSPS) is 23.6. The number of pyridine rings is 2. The van der Waals surface area contributed by atoms with Crippen molar-refractivity contribution >= 4 is 99.2 Å². The van der Waals surface area contributed by atoms with Crippen molar-refractivity contribution in [2.45, 2.75) is 162 Å². The predicted octanol–water partition coefficient (Wildman–Crippen LogP) is 6.15. The fraction of sp³-hybridized carbons (Fsp3) is 0.521. The Balaban J connectivity index is 0.000000174. The van der Waals surface area contributed by atoms with E-state index >= 15 is 0 Å². The third-order valence-corrected chi connectivity index (χ3v) is 23.3. The Morgan fingerprint density at radius 2 is 1.07 bits per heavy atom. The summed E-state index contributed by atoms with van der Waals surface area (Å²) in [6.07, 6.45) is 3.50. The number of aliphatic carboxylic acids is 1. The average molecular weight is 1530 g/mol. The average Bonchev–Trinajstić information content (AvgIpc) is 1.50. The van der Waals surface area contributed by atoms with Crippen LogP contribution < -0.4 is 58.7 Å². The number of rotatable bonds is 18. The molecule has 1 unspecified atom stereocenters. The first-order valence-corrected chi connectivity index (χ1v) is 38.9. The van der Waals surface area contributed by atoms with E-state index in [9.17, 15) is 59.1 Å². The molecule has 32 nitrogen and oxygen atoms in total. The van der Waals surface area contributed by atoms with Gasteiger partial charge < -0.3 is 63.9 Å². The molecular weight excluding hydrogens is 1440 g/mol. The van der Waals surface area contributed by atoms with Crippen LogP contribution in [0.3, 0.4) is 0 Å². The number of benzene rings is 3. The Kier molecular flexibility index (Phi) is 22.7. The van der Waals surface area contributed by atoms with Gasteiger partial charge in [-0.1, -0.05) is 29.8 Å². The number of hydrogen-bond donors (Lipinski definition) is 6. The standard InChI is InChI=1S/C32H41N5O9S.C23H29N3O7.C9H14N2O3S.C7H8O3S/c1-7-18-16-32(18,29(39)35-47(41,42)21-9-10-21)34-27(38)24-15-20(17-37(24)30(40)46-31(2,3)4)45-28-22-11-8-19(43-6)14-23(22)25-26(33-28)36(5)12-13-44-25;1-23(2,3)33-22(29)26-12-14(11-17(26)21(27)28)32-20-15-7-6-13(30-5)10-16(15)18-19(24-20)25(4)8-9-31-18;1-2-6-5-9(6,10)8(12)11-15(13,14)7-3-4-7;1-6-2-4-7(5-3-6)11(8,9)10/h7-8,11,14,18,20-21,24H,1,9-10,12-13,15-17H2,2-6H3,(H,34,38)(H,35,39);6-7,10,14,17H,8-9,11-12H2,1-5H3,(H,27,28);2,6-7H,1,3-5,10H2,(H,11,12);2-5H,1H3,(H,8,9,10)/t18-,20-,24+,32-;14-,17?;6-,9-;/m111./s1. The number of methoxy groups -OCH3 is 2. The van der Waals surface area contributed by atoms with Crippen molar-refractivity contribution in [3.05, 3.63) is 91.5 Å². The highest BCUT2D eigenvalue weighted by Crippen LogP contribution is 2.48. The highest BCUT2D eigenvalue weighted by atomic mass is 32.2. The highest BCUT2D eigenvalue weighted by Gasteiger charge is 2.62. The Labute approximate surface area is 615 Å². The van der Waals surface area contributed by atoms with Crippen LogP contribution >= 0.6 is 0 Å². The van der Waals surface area contributed by atoms with Gasteiger partial charge in [-0.05, 0) is 136 Å². The van der Waals surface area contributed by atoms with E-state index in [4.69, 9.17) is 58.1 Å². The van der Waals surface area contributed by atoms with Gasteiger partial charge in [-0.15, -0.1) is 13.2 Å². The maximum Gasteiger partial charge on any atom is 0.411 e. The summed E-state index contributed by atoms with van der Waals surface area (Å²) in [6.45, 7) is 21.9. The smallest absolute Gasteiger partial charge is 0.411 e. The number of carboxylic acids is 1. The molecule has 8 atom stereocenters. The molecule has 2 aromatic heterocycles. The van der Waals surface area contributed by atoms with Crippen LogP contribution in [0.15, 0.2) is 90.9 Å². The molecule has 13 rings (SSSR count). The van der Waals surface area contributed by atoms with Gasteiger partial charge in [0.05, 0.1) is 55.8 Å². The minimum Gasteiger partial charge on any atom is -0.497 e. The number of carboxylic acid groups (broad SMARTS) is 1. The maximum absolute atomic E-state index is 13.9. The molecule has 0 spiro atoms. The van der Waals surface area contributed by atoms with Gasteiger partial charge in [0.15, 0.2) is 23.1 Å². The van der Waals surface area contributed by atoms with E-state index in [0.717, 1.165) is 16.3 Å². The number of fused-ring (bicyclic) bond motifs is 6. The Bertz CT molecular complexity index is 4620. The molecule has 35 heteroatoms. The first-order valence-electron chi connectivity index (χ1n) is 34.4. The first kappa shape index (κ1) is 79.1. The fourth-order valence-corrected chi connectivity index (χ4v) is 15.6. The SMILES string of the molecule is C=C[C@@H]1C[C@]1(N)C(=O)NS(=O)(=O)C1CC1.C=C[C@@H]1C[C@]1(NC(=O)[C@@H]1C[C@@H](Oc2nc3c(c4cc(OC)ccc24)OCCN3C)CN1C(=O)OC(C)(C)C)C(=O)NS(=O)(=O)C1CC1.COc1ccc2c(O[C@@H]3CC(C(=O)O)N(C(=O)OC(C)(C)C)C3)nc3c(c2c1)OCCN3C.Cc1ccc(S(=O)(=O)O)cc1. The van der Waals surface area contributed by atoms with Crippen molar-refractivity contribution in [3.63, 3.8) is 0 Å². The van der Waals surface area contributed by atoms with Crippen LogP contribution in [-0.4, -0.2) is 215 Å². The monoisotopic (exact) mass is 1530 g/mol. The van der Waals surface area contributed by atoms with Crippen molar-refractivity contribution in [1.29, 1.82) is 0 Å². The third-order valence-electron chi connectivity index (χ3n) is 18.8. The quantitative estimate of drug-likeness (QED) is 0.0423. The Morgan fingerprint density at radius 1 is 0.632 bits per heavy atom. The number of likely N-dealkylation sites (N-methyl/N-ethyl adjacent to an activating group) is 2. The third kappa shape index (κ3) is 18.1. The van der Waals surface area contributed by atoms with E-state index in [2.05, 4.69) is 23.2 Å². The lowest BCUT2D eigenvalue weighted by molar-refractivity contribution is -0.142. The summed E-state index contributed by atoms with van der Waals surface area (Å²) in [5.74, 6) is 0.678. The molecule has 0 bridgehead atoms. The summed E-state index contributed by atoms with van der Waals surface area (Å²) in [5, 5.41) is 14.3. The topological polar surface area (TPSA) is 420 Å². The number of aromatic nitrogens is 2. The van der Waals surface area contributed by atoms with Crippen LogP contribution in [0.2, 0.25) is 0 Å². The van der Waals surface area contributed by atoms with Crippen LogP contribution in [0.5, 0.6) is 34.8 Å². The van der Waals surface area contributed by atoms with Crippen LogP contribution in [0.4, 0.5) is 21.2 Å².